The van der Waals surface area contributed by atoms with Gasteiger partial charge in [-0.2, -0.15) is 0 Å². The van der Waals surface area contributed by atoms with Crippen molar-refractivity contribution in [3.63, 3.8) is 0 Å². The molecule has 3 rings (SSSR count). The number of carbonyl (C=O) groups excluding carboxylic acids is 1. The van der Waals surface area contributed by atoms with Crippen LogP contribution in [0.5, 0.6) is 11.5 Å². The summed E-state index contributed by atoms with van der Waals surface area (Å²) in [6.45, 7) is 3.36. The number of carbonyl (C=O) groups is 1. The molecule has 1 aliphatic rings. The SMILES string of the molecule is CC(=O)Oc1c(C)sc2cc(O)cc(C3CC3)c12. The molecule has 1 aliphatic carbocycles. The minimum atomic E-state index is -0.298. The van der Waals surface area contributed by atoms with E-state index in [9.17, 15) is 9.90 Å². The van der Waals surface area contributed by atoms with Crippen molar-refractivity contribution in [1.29, 1.82) is 0 Å². The standard InChI is InChI=1S/C14H14O3S/c1-7-14(17-8(2)15)13-11(9-3-4-9)5-10(16)6-12(13)18-7/h5-6,9,16H,3-4H2,1-2H3. The summed E-state index contributed by atoms with van der Waals surface area (Å²) < 4.78 is 6.34. The first-order valence-electron chi connectivity index (χ1n) is 6.00. The van der Waals surface area contributed by atoms with Crippen molar-refractivity contribution in [2.75, 3.05) is 0 Å². The van der Waals surface area contributed by atoms with Gasteiger partial charge in [-0.15, -0.1) is 11.3 Å². The van der Waals surface area contributed by atoms with Crippen LogP contribution in [0, 0.1) is 6.92 Å². The lowest BCUT2D eigenvalue weighted by Gasteiger charge is -2.06. The number of hydrogen-bond acceptors (Lipinski definition) is 4. The second-order valence-electron chi connectivity index (χ2n) is 4.76. The zero-order chi connectivity index (χ0) is 12.9. The smallest absolute Gasteiger partial charge is 0.308 e. The van der Waals surface area contributed by atoms with Gasteiger partial charge in [0.1, 0.15) is 5.75 Å². The van der Waals surface area contributed by atoms with Gasteiger partial charge in [-0.1, -0.05) is 0 Å². The normalized spacial score (nSPS) is 15.0. The molecule has 0 radical (unpaired) electrons. The van der Waals surface area contributed by atoms with Crippen LogP contribution in [-0.2, 0) is 4.79 Å². The summed E-state index contributed by atoms with van der Waals surface area (Å²) in [5.74, 6) is 1.17. The van der Waals surface area contributed by atoms with E-state index in [0.717, 1.165) is 33.4 Å². The number of thiophene rings is 1. The second-order valence-corrected chi connectivity index (χ2v) is 6.02. The average molecular weight is 262 g/mol. The fourth-order valence-electron chi connectivity index (χ4n) is 2.32. The lowest BCUT2D eigenvalue weighted by atomic mass is 10.0. The summed E-state index contributed by atoms with van der Waals surface area (Å²) in [5.41, 5.74) is 1.12. The van der Waals surface area contributed by atoms with Gasteiger partial charge in [-0.05, 0) is 43.4 Å². The minimum absolute atomic E-state index is 0.292. The Morgan fingerprint density at radius 2 is 2.17 bits per heavy atom. The Hall–Kier alpha value is -1.55. The Morgan fingerprint density at radius 1 is 1.44 bits per heavy atom. The number of aryl methyl sites for hydroxylation is 1. The van der Waals surface area contributed by atoms with Gasteiger partial charge in [0.15, 0.2) is 5.75 Å². The lowest BCUT2D eigenvalue weighted by Crippen LogP contribution is -2.02. The highest BCUT2D eigenvalue weighted by Crippen LogP contribution is 2.50. The maximum Gasteiger partial charge on any atom is 0.308 e. The third-order valence-electron chi connectivity index (χ3n) is 3.19. The largest absolute Gasteiger partial charge is 0.508 e. The molecule has 0 saturated heterocycles. The molecular formula is C14H14O3S. The molecule has 94 valence electrons. The monoisotopic (exact) mass is 262 g/mol. The number of esters is 1. The molecule has 0 spiro atoms. The van der Waals surface area contributed by atoms with Crippen molar-refractivity contribution >= 4 is 27.4 Å². The van der Waals surface area contributed by atoms with Crippen LogP contribution in [0.4, 0.5) is 0 Å². The minimum Gasteiger partial charge on any atom is -0.508 e. The number of phenols is 1. The van der Waals surface area contributed by atoms with Gasteiger partial charge >= 0.3 is 5.97 Å². The zero-order valence-electron chi connectivity index (χ0n) is 10.3. The van der Waals surface area contributed by atoms with E-state index in [1.165, 1.54) is 6.92 Å². The number of ether oxygens (including phenoxy) is 1. The topological polar surface area (TPSA) is 46.5 Å². The molecule has 1 aromatic heterocycles. The lowest BCUT2D eigenvalue weighted by molar-refractivity contribution is -0.131. The quantitative estimate of drug-likeness (QED) is 0.839. The van der Waals surface area contributed by atoms with Gasteiger partial charge in [-0.3, -0.25) is 4.79 Å². The first-order chi connectivity index (χ1) is 8.56. The highest BCUT2D eigenvalue weighted by atomic mass is 32.1. The number of benzene rings is 1. The van der Waals surface area contributed by atoms with Crippen LogP contribution in [0.15, 0.2) is 12.1 Å². The molecule has 1 fully saturated rings. The number of rotatable bonds is 2. The number of hydrogen-bond donors (Lipinski definition) is 1. The molecule has 1 heterocycles. The predicted octanol–water partition coefficient (Wildman–Crippen LogP) is 3.72. The first kappa shape index (κ1) is 11.5. The summed E-state index contributed by atoms with van der Waals surface area (Å²) in [6.07, 6.45) is 2.29. The number of aromatic hydroxyl groups is 1. The van der Waals surface area contributed by atoms with Gasteiger partial charge in [0.2, 0.25) is 0 Å². The fraction of sp³-hybridized carbons (Fsp3) is 0.357. The van der Waals surface area contributed by atoms with Crippen molar-refractivity contribution < 1.29 is 14.6 Å². The van der Waals surface area contributed by atoms with E-state index in [0.29, 0.717) is 17.4 Å². The van der Waals surface area contributed by atoms with Crippen LogP contribution in [0.3, 0.4) is 0 Å². The summed E-state index contributed by atoms with van der Waals surface area (Å²) in [7, 11) is 0. The van der Waals surface area contributed by atoms with Crippen molar-refractivity contribution in [2.24, 2.45) is 0 Å². The Balaban J connectivity index is 2.27. The third-order valence-corrected chi connectivity index (χ3v) is 4.22. The molecule has 1 aromatic carbocycles. The van der Waals surface area contributed by atoms with Crippen LogP contribution in [-0.4, -0.2) is 11.1 Å². The van der Waals surface area contributed by atoms with Crippen molar-refractivity contribution in [1.82, 2.24) is 0 Å². The number of phenolic OH excluding ortho intramolecular Hbond substituents is 1. The van der Waals surface area contributed by atoms with E-state index in [1.54, 1.807) is 23.5 Å². The molecule has 0 bridgehead atoms. The van der Waals surface area contributed by atoms with Crippen LogP contribution in [0.2, 0.25) is 0 Å². The average Bonchev–Trinajstić information content (AvgIpc) is 3.05. The molecule has 4 heteroatoms. The van der Waals surface area contributed by atoms with E-state index in [-0.39, 0.29) is 5.97 Å². The zero-order valence-corrected chi connectivity index (χ0v) is 11.1. The van der Waals surface area contributed by atoms with Gasteiger partial charge in [0.25, 0.3) is 0 Å². The van der Waals surface area contributed by atoms with E-state index < -0.39 is 0 Å². The molecule has 0 amide bonds. The van der Waals surface area contributed by atoms with Crippen molar-refractivity contribution in [3.05, 3.63) is 22.6 Å². The molecule has 0 aliphatic heterocycles. The van der Waals surface area contributed by atoms with Gasteiger partial charge in [0, 0.05) is 21.9 Å². The second kappa shape index (κ2) is 3.99. The Morgan fingerprint density at radius 3 is 2.78 bits per heavy atom. The fourth-order valence-corrected chi connectivity index (χ4v) is 3.37. The maximum absolute atomic E-state index is 11.2. The number of fused-ring (bicyclic) bond motifs is 1. The van der Waals surface area contributed by atoms with Gasteiger partial charge < -0.3 is 9.84 Å². The maximum atomic E-state index is 11.2. The van der Waals surface area contributed by atoms with Gasteiger partial charge in [0.05, 0.1) is 0 Å². The predicted molar refractivity (Wildman–Crippen MR) is 71.5 cm³/mol. The summed E-state index contributed by atoms with van der Waals surface area (Å²) in [4.78, 5) is 12.2. The van der Waals surface area contributed by atoms with Crippen LogP contribution < -0.4 is 4.74 Å². The molecule has 0 unspecified atom stereocenters. The molecular weight excluding hydrogens is 248 g/mol. The van der Waals surface area contributed by atoms with E-state index in [4.69, 9.17) is 4.74 Å². The first-order valence-corrected chi connectivity index (χ1v) is 6.82. The Kier molecular flexibility index (Phi) is 2.55. The van der Waals surface area contributed by atoms with Gasteiger partial charge in [-0.25, -0.2) is 0 Å². The molecule has 3 nitrogen and oxygen atoms in total. The molecule has 1 N–H and O–H groups in total. The molecule has 1 saturated carbocycles. The summed E-state index contributed by atoms with van der Waals surface area (Å²) in [6, 6.07) is 3.55. The molecule has 18 heavy (non-hydrogen) atoms. The van der Waals surface area contributed by atoms with Crippen LogP contribution >= 0.6 is 11.3 Å². The van der Waals surface area contributed by atoms with Crippen molar-refractivity contribution in [3.8, 4) is 11.5 Å². The van der Waals surface area contributed by atoms with E-state index >= 15 is 0 Å². The summed E-state index contributed by atoms with van der Waals surface area (Å²) in [5, 5.41) is 10.8. The van der Waals surface area contributed by atoms with E-state index in [1.807, 2.05) is 6.92 Å². The van der Waals surface area contributed by atoms with E-state index in [2.05, 4.69) is 0 Å². The molecule has 0 atom stereocenters. The highest BCUT2D eigenvalue weighted by molar-refractivity contribution is 7.19. The Bertz CT molecular complexity index is 638. The highest BCUT2D eigenvalue weighted by Gasteiger charge is 2.29. The van der Waals surface area contributed by atoms with Crippen LogP contribution in [0.25, 0.3) is 10.1 Å². The Labute approximate surface area is 109 Å². The third kappa shape index (κ3) is 1.86. The summed E-state index contributed by atoms with van der Waals surface area (Å²) >= 11 is 1.56. The molecule has 2 aromatic rings. The van der Waals surface area contributed by atoms with Crippen LogP contribution in [0.1, 0.15) is 36.1 Å². The van der Waals surface area contributed by atoms with Crippen molar-refractivity contribution in [2.45, 2.75) is 32.6 Å².